The quantitative estimate of drug-likeness (QED) is 0.567. The molecule has 3 N–H and O–H groups in total. The third kappa shape index (κ3) is 7.02. The molecule has 3 atom stereocenters. The minimum absolute atomic E-state index is 0.112. The lowest BCUT2D eigenvalue weighted by Crippen LogP contribution is -2.42. The average Bonchev–Trinajstić information content (AvgIpc) is 2.60. The Morgan fingerprint density at radius 2 is 1.63 bits per heavy atom. The summed E-state index contributed by atoms with van der Waals surface area (Å²) in [6, 6.07) is 0. The van der Waals surface area contributed by atoms with Gasteiger partial charge in [-0.1, -0.05) is 41.9 Å². The second-order valence-electron chi connectivity index (χ2n) is 7.95. The molecule has 1 aliphatic carbocycles. The lowest BCUT2D eigenvalue weighted by Gasteiger charge is -2.33. The lowest BCUT2D eigenvalue weighted by molar-refractivity contribution is -0.126. The van der Waals surface area contributed by atoms with Gasteiger partial charge < -0.3 is 15.6 Å². The third-order valence-electron chi connectivity index (χ3n) is 5.33. The molecule has 0 aromatic carbocycles. The molecule has 152 valence electrons. The van der Waals surface area contributed by atoms with Crippen molar-refractivity contribution in [2.75, 3.05) is 7.11 Å². The van der Waals surface area contributed by atoms with Gasteiger partial charge in [0.25, 0.3) is 0 Å². The van der Waals surface area contributed by atoms with E-state index < -0.39 is 6.10 Å². The van der Waals surface area contributed by atoms with Crippen molar-refractivity contribution in [3.63, 3.8) is 0 Å². The van der Waals surface area contributed by atoms with Gasteiger partial charge >= 0.3 is 0 Å². The van der Waals surface area contributed by atoms with Gasteiger partial charge in [-0.25, -0.2) is 0 Å². The van der Waals surface area contributed by atoms with Gasteiger partial charge in [0.15, 0.2) is 5.76 Å². The molecule has 0 saturated carbocycles. The molecule has 1 unspecified atom stereocenters. The van der Waals surface area contributed by atoms with E-state index in [4.69, 9.17) is 10.5 Å². The van der Waals surface area contributed by atoms with Crippen LogP contribution < -0.4 is 5.73 Å². The molecule has 0 fully saturated rings. The van der Waals surface area contributed by atoms with Crippen molar-refractivity contribution >= 4 is 5.78 Å². The number of aliphatic hydroxyl groups excluding tert-OH is 1. The molecule has 0 saturated heterocycles. The van der Waals surface area contributed by atoms with Gasteiger partial charge in [-0.3, -0.25) is 4.79 Å². The molecule has 0 aromatic heterocycles. The van der Waals surface area contributed by atoms with E-state index in [9.17, 15) is 9.90 Å². The van der Waals surface area contributed by atoms with Gasteiger partial charge in [0.2, 0.25) is 5.78 Å². The molecule has 0 aliphatic heterocycles. The fourth-order valence-corrected chi connectivity index (χ4v) is 3.41. The molecule has 27 heavy (non-hydrogen) atoms. The zero-order valence-electron chi connectivity index (χ0n) is 17.8. The summed E-state index contributed by atoms with van der Waals surface area (Å²) < 4.78 is 5.07. The van der Waals surface area contributed by atoms with Crippen molar-refractivity contribution < 1.29 is 14.6 Å². The smallest absolute Gasteiger partial charge is 0.202 e. The average molecular weight is 376 g/mol. The van der Waals surface area contributed by atoms with Crippen LogP contribution in [-0.4, -0.2) is 24.1 Å². The normalized spacial score (nSPS) is 24.3. The van der Waals surface area contributed by atoms with Gasteiger partial charge in [0.1, 0.15) is 6.10 Å². The maximum absolute atomic E-state index is 12.3. The number of nitrogens with two attached hydrogens (primary N) is 1. The summed E-state index contributed by atoms with van der Waals surface area (Å²) in [7, 11) is 1.42. The van der Waals surface area contributed by atoms with E-state index in [-0.39, 0.29) is 29.1 Å². The summed E-state index contributed by atoms with van der Waals surface area (Å²) in [5, 5.41) is 10.5. The molecule has 1 rings (SSSR count). The number of Topliss-reactive ketones (excluding diaryl/α,β-unsaturated/α-hetero) is 1. The topological polar surface area (TPSA) is 72.6 Å². The van der Waals surface area contributed by atoms with Gasteiger partial charge in [-0.2, -0.15) is 0 Å². The van der Waals surface area contributed by atoms with E-state index in [0.29, 0.717) is 6.42 Å². The first-order valence-corrected chi connectivity index (χ1v) is 9.89. The summed E-state index contributed by atoms with van der Waals surface area (Å²) in [6.45, 7) is 10.4. The molecular weight excluding hydrogens is 338 g/mol. The van der Waals surface area contributed by atoms with E-state index in [0.717, 1.165) is 25.7 Å². The summed E-state index contributed by atoms with van der Waals surface area (Å²) >= 11 is 0. The largest absolute Gasteiger partial charge is 0.491 e. The van der Waals surface area contributed by atoms with Crippen LogP contribution in [-0.2, 0) is 9.53 Å². The second kappa shape index (κ2) is 11.1. The SMILES string of the molecule is COC1=C(N)[C@@H](O)[C@@H](C/C=C(\C)CC/C=C(\C)CCC=C(C)C)C(C)C1=O. The number of carbonyl (C=O) groups excluding carboxylic acids is 1. The van der Waals surface area contributed by atoms with E-state index in [1.807, 2.05) is 6.92 Å². The number of ketones is 1. The fourth-order valence-electron chi connectivity index (χ4n) is 3.41. The predicted molar refractivity (Wildman–Crippen MR) is 112 cm³/mol. The number of ether oxygens (including phenoxy) is 1. The number of allylic oxidation sites excluding steroid dienone is 7. The first-order valence-electron chi connectivity index (χ1n) is 9.89. The third-order valence-corrected chi connectivity index (χ3v) is 5.33. The van der Waals surface area contributed by atoms with Gasteiger partial charge in [-0.15, -0.1) is 0 Å². The van der Waals surface area contributed by atoms with Crippen molar-refractivity contribution in [2.45, 2.75) is 72.8 Å². The number of hydrogen-bond donors (Lipinski definition) is 2. The highest BCUT2D eigenvalue weighted by Gasteiger charge is 2.40. The van der Waals surface area contributed by atoms with E-state index >= 15 is 0 Å². The van der Waals surface area contributed by atoms with Crippen LogP contribution in [0.1, 0.15) is 66.7 Å². The Labute approximate surface area is 164 Å². The van der Waals surface area contributed by atoms with Crippen LogP contribution in [0, 0.1) is 11.8 Å². The highest BCUT2D eigenvalue weighted by molar-refractivity contribution is 5.97. The summed E-state index contributed by atoms with van der Waals surface area (Å²) in [5.41, 5.74) is 10.1. The standard InChI is InChI=1S/C23H37NO3/c1-15(2)9-7-10-16(3)11-8-12-17(4)13-14-19-18(5)21(25)23(27-6)20(24)22(19)26/h9,11,13,18-19,22,26H,7-8,10,12,14,24H2,1-6H3/b16-11+,17-13+/t18?,19-,22-/m0/s1. The molecule has 0 aromatic rings. The Morgan fingerprint density at radius 1 is 1.07 bits per heavy atom. The molecule has 0 bridgehead atoms. The Balaban J connectivity index is 2.58. The minimum atomic E-state index is -0.839. The molecule has 4 heteroatoms. The highest BCUT2D eigenvalue weighted by atomic mass is 16.5. The molecular formula is C23H37NO3. The van der Waals surface area contributed by atoms with Crippen LogP contribution >= 0.6 is 0 Å². The molecule has 0 heterocycles. The molecule has 1 aliphatic rings. The first-order chi connectivity index (χ1) is 12.7. The van der Waals surface area contributed by atoms with E-state index in [1.165, 1.54) is 23.8 Å². The van der Waals surface area contributed by atoms with Crippen LogP contribution in [0.3, 0.4) is 0 Å². The number of methoxy groups -OCH3 is 1. The zero-order chi connectivity index (χ0) is 20.6. The predicted octanol–water partition coefficient (Wildman–Crippen LogP) is 4.81. The van der Waals surface area contributed by atoms with Crippen molar-refractivity contribution in [3.8, 4) is 0 Å². The van der Waals surface area contributed by atoms with Crippen molar-refractivity contribution in [3.05, 3.63) is 46.4 Å². The number of hydrogen-bond acceptors (Lipinski definition) is 4. The number of aliphatic hydroxyl groups is 1. The van der Waals surface area contributed by atoms with Gasteiger partial charge in [0, 0.05) is 11.8 Å². The summed E-state index contributed by atoms with van der Waals surface area (Å²) in [6.07, 6.45) is 10.7. The van der Waals surface area contributed by atoms with Crippen LogP contribution in [0.2, 0.25) is 0 Å². The highest BCUT2D eigenvalue weighted by Crippen LogP contribution is 2.33. The van der Waals surface area contributed by atoms with Gasteiger partial charge in [0.05, 0.1) is 12.8 Å². The van der Waals surface area contributed by atoms with Crippen molar-refractivity contribution in [1.82, 2.24) is 0 Å². The summed E-state index contributed by atoms with van der Waals surface area (Å²) in [4.78, 5) is 12.3. The Bertz CT molecular complexity index is 636. The second-order valence-corrected chi connectivity index (χ2v) is 7.95. The van der Waals surface area contributed by atoms with E-state index in [2.05, 4.69) is 45.9 Å². The van der Waals surface area contributed by atoms with Gasteiger partial charge in [-0.05, 0) is 59.8 Å². The van der Waals surface area contributed by atoms with Crippen molar-refractivity contribution in [1.29, 1.82) is 0 Å². The van der Waals surface area contributed by atoms with Crippen LogP contribution in [0.15, 0.2) is 46.4 Å². The first kappa shape index (κ1) is 23.2. The maximum Gasteiger partial charge on any atom is 0.202 e. The van der Waals surface area contributed by atoms with E-state index in [1.54, 1.807) is 0 Å². The van der Waals surface area contributed by atoms with Crippen molar-refractivity contribution in [2.24, 2.45) is 17.6 Å². The number of rotatable bonds is 9. The Kier molecular flexibility index (Phi) is 9.57. The lowest BCUT2D eigenvalue weighted by atomic mass is 9.77. The fraction of sp³-hybridized carbons (Fsp3) is 0.609. The zero-order valence-corrected chi connectivity index (χ0v) is 17.8. The summed E-state index contributed by atoms with van der Waals surface area (Å²) in [5.74, 6) is -0.511. The maximum atomic E-state index is 12.3. The van der Waals surface area contributed by atoms with Crippen LogP contribution in [0.5, 0.6) is 0 Å². The monoisotopic (exact) mass is 375 g/mol. The minimum Gasteiger partial charge on any atom is -0.491 e. The number of carbonyl (C=O) groups is 1. The van der Waals surface area contributed by atoms with Crippen LogP contribution in [0.25, 0.3) is 0 Å². The molecule has 0 amide bonds. The van der Waals surface area contributed by atoms with Crippen LogP contribution in [0.4, 0.5) is 0 Å². The molecule has 4 nitrogen and oxygen atoms in total. The molecule has 0 spiro atoms. The molecule has 0 radical (unpaired) electrons. The Morgan fingerprint density at radius 3 is 2.19 bits per heavy atom. The Hall–Kier alpha value is -1.81.